The van der Waals surface area contributed by atoms with E-state index in [0.29, 0.717) is 11.1 Å². The number of aryl methyl sites for hydroxylation is 1. The summed E-state index contributed by atoms with van der Waals surface area (Å²) in [6.45, 7) is 6.52. The van der Waals surface area contributed by atoms with Crippen molar-refractivity contribution in [1.29, 1.82) is 0 Å². The lowest BCUT2D eigenvalue weighted by atomic mass is 10.3. The third-order valence-corrected chi connectivity index (χ3v) is 4.54. The number of nitrogen functional groups attached to an aromatic ring is 1. The van der Waals surface area contributed by atoms with Crippen LogP contribution in [0.1, 0.15) is 32.5 Å². The van der Waals surface area contributed by atoms with Gasteiger partial charge < -0.3 is 10.6 Å². The predicted octanol–water partition coefficient (Wildman–Crippen LogP) is 2.34. The minimum atomic E-state index is 0.592. The van der Waals surface area contributed by atoms with E-state index in [1.165, 1.54) is 12.2 Å². The van der Waals surface area contributed by atoms with Gasteiger partial charge in [-0.1, -0.05) is 13.8 Å². The van der Waals surface area contributed by atoms with Crippen molar-refractivity contribution in [2.75, 3.05) is 29.5 Å². The molecular formula is C13H22N4S. The third kappa shape index (κ3) is 3.28. The van der Waals surface area contributed by atoms with Gasteiger partial charge in [-0.25, -0.2) is 9.97 Å². The van der Waals surface area contributed by atoms with Crippen LogP contribution in [0.15, 0.2) is 6.07 Å². The van der Waals surface area contributed by atoms with Crippen LogP contribution < -0.4 is 10.6 Å². The Morgan fingerprint density at radius 3 is 3.00 bits per heavy atom. The van der Waals surface area contributed by atoms with Crippen molar-refractivity contribution in [3.8, 4) is 0 Å². The number of hydrogen-bond donors (Lipinski definition) is 1. The Balaban J connectivity index is 2.16. The number of nitrogens with zero attached hydrogens (tertiary/aromatic N) is 3. The molecular weight excluding hydrogens is 244 g/mol. The molecule has 4 nitrogen and oxygen atoms in total. The Labute approximate surface area is 113 Å². The summed E-state index contributed by atoms with van der Waals surface area (Å²) >= 11 is 2.06. The van der Waals surface area contributed by atoms with Crippen LogP contribution >= 0.6 is 11.8 Å². The lowest BCUT2D eigenvalue weighted by Crippen LogP contribution is -2.38. The van der Waals surface area contributed by atoms with Gasteiger partial charge in [0.15, 0.2) is 0 Å². The molecule has 0 spiro atoms. The van der Waals surface area contributed by atoms with Crippen LogP contribution in [0.25, 0.3) is 0 Å². The van der Waals surface area contributed by atoms with Gasteiger partial charge in [-0.05, 0) is 12.8 Å². The monoisotopic (exact) mass is 266 g/mol. The number of nitrogens with two attached hydrogens (primary N) is 1. The first-order valence-corrected chi connectivity index (χ1v) is 7.77. The second-order valence-corrected chi connectivity index (χ2v) is 6.07. The zero-order valence-electron chi connectivity index (χ0n) is 11.2. The van der Waals surface area contributed by atoms with Gasteiger partial charge in [0.2, 0.25) is 0 Å². The molecule has 0 radical (unpaired) electrons. The fourth-order valence-corrected chi connectivity index (χ4v) is 3.36. The molecule has 1 aliphatic rings. The van der Waals surface area contributed by atoms with Crippen LogP contribution in [0.2, 0.25) is 0 Å². The SMILES string of the molecule is CCCc1nc(N)cc(N2CCSC(CC)C2)n1. The van der Waals surface area contributed by atoms with Gasteiger partial charge in [-0.3, -0.25) is 0 Å². The second kappa shape index (κ2) is 6.27. The highest BCUT2D eigenvalue weighted by Crippen LogP contribution is 2.25. The Morgan fingerprint density at radius 2 is 2.28 bits per heavy atom. The molecule has 1 aromatic rings. The van der Waals surface area contributed by atoms with Gasteiger partial charge in [-0.2, -0.15) is 11.8 Å². The van der Waals surface area contributed by atoms with Crippen LogP contribution in [0, 0.1) is 0 Å². The molecule has 1 aliphatic heterocycles. The van der Waals surface area contributed by atoms with Crippen LogP contribution in [-0.4, -0.2) is 34.1 Å². The van der Waals surface area contributed by atoms with E-state index >= 15 is 0 Å². The van der Waals surface area contributed by atoms with E-state index < -0.39 is 0 Å². The number of hydrogen-bond acceptors (Lipinski definition) is 5. The molecule has 0 aliphatic carbocycles. The normalized spacial score (nSPS) is 20.1. The number of thioether (sulfide) groups is 1. The maximum absolute atomic E-state index is 5.88. The molecule has 1 fully saturated rings. The Morgan fingerprint density at radius 1 is 1.44 bits per heavy atom. The minimum Gasteiger partial charge on any atom is -0.384 e. The standard InChI is InChI=1S/C13H22N4S/c1-3-5-12-15-11(14)8-13(16-12)17-6-7-18-10(4-2)9-17/h8,10H,3-7,9H2,1-2H3,(H2,14,15,16). The van der Waals surface area contributed by atoms with Crippen molar-refractivity contribution in [2.45, 2.75) is 38.4 Å². The molecule has 0 saturated carbocycles. The van der Waals surface area contributed by atoms with Gasteiger partial charge in [0.1, 0.15) is 17.5 Å². The van der Waals surface area contributed by atoms with Gasteiger partial charge in [0.05, 0.1) is 0 Å². The second-order valence-electron chi connectivity index (χ2n) is 4.66. The topological polar surface area (TPSA) is 55.0 Å². The summed E-state index contributed by atoms with van der Waals surface area (Å²) in [5.74, 6) is 3.64. The smallest absolute Gasteiger partial charge is 0.134 e. The average molecular weight is 266 g/mol. The zero-order chi connectivity index (χ0) is 13.0. The van der Waals surface area contributed by atoms with Crippen molar-refractivity contribution < 1.29 is 0 Å². The summed E-state index contributed by atoms with van der Waals surface area (Å²) in [5, 5.41) is 0.713. The summed E-state index contributed by atoms with van der Waals surface area (Å²) in [6, 6.07) is 1.90. The fourth-order valence-electron chi connectivity index (χ4n) is 2.17. The number of rotatable bonds is 4. The van der Waals surface area contributed by atoms with E-state index in [1.807, 2.05) is 6.07 Å². The fraction of sp³-hybridized carbons (Fsp3) is 0.692. The molecule has 0 amide bonds. The maximum atomic E-state index is 5.88. The summed E-state index contributed by atoms with van der Waals surface area (Å²) in [6.07, 6.45) is 3.16. The quantitative estimate of drug-likeness (QED) is 0.906. The summed E-state index contributed by atoms with van der Waals surface area (Å²) in [7, 11) is 0. The molecule has 1 aromatic heterocycles. The first-order chi connectivity index (χ1) is 8.72. The molecule has 2 N–H and O–H groups in total. The Hall–Kier alpha value is -0.970. The molecule has 0 bridgehead atoms. The van der Waals surface area contributed by atoms with Crippen LogP contribution in [0.4, 0.5) is 11.6 Å². The molecule has 5 heteroatoms. The van der Waals surface area contributed by atoms with Gasteiger partial charge in [0, 0.05) is 36.6 Å². The molecule has 2 heterocycles. The van der Waals surface area contributed by atoms with E-state index in [-0.39, 0.29) is 0 Å². The summed E-state index contributed by atoms with van der Waals surface area (Å²) < 4.78 is 0. The van der Waals surface area contributed by atoms with Crippen LogP contribution in [-0.2, 0) is 6.42 Å². The first kappa shape index (κ1) is 13.5. The average Bonchev–Trinajstić information content (AvgIpc) is 2.38. The highest BCUT2D eigenvalue weighted by Gasteiger charge is 2.20. The van der Waals surface area contributed by atoms with E-state index in [9.17, 15) is 0 Å². The molecule has 2 rings (SSSR count). The van der Waals surface area contributed by atoms with E-state index in [2.05, 4.69) is 40.5 Å². The van der Waals surface area contributed by atoms with Crippen molar-refractivity contribution >= 4 is 23.4 Å². The van der Waals surface area contributed by atoms with Crippen molar-refractivity contribution in [3.63, 3.8) is 0 Å². The Kier molecular flexibility index (Phi) is 4.69. The lowest BCUT2D eigenvalue weighted by molar-refractivity contribution is 0.713. The van der Waals surface area contributed by atoms with Crippen molar-refractivity contribution in [3.05, 3.63) is 11.9 Å². The minimum absolute atomic E-state index is 0.592. The molecule has 0 aromatic carbocycles. The molecule has 1 saturated heterocycles. The zero-order valence-corrected chi connectivity index (χ0v) is 12.0. The molecule has 18 heavy (non-hydrogen) atoms. The summed E-state index contributed by atoms with van der Waals surface area (Å²) in [4.78, 5) is 11.3. The first-order valence-electron chi connectivity index (χ1n) is 6.73. The summed E-state index contributed by atoms with van der Waals surface area (Å²) in [5.41, 5.74) is 5.88. The van der Waals surface area contributed by atoms with Crippen molar-refractivity contribution in [2.24, 2.45) is 0 Å². The van der Waals surface area contributed by atoms with Crippen molar-refractivity contribution in [1.82, 2.24) is 9.97 Å². The van der Waals surface area contributed by atoms with Crippen LogP contribution in [0.3, 0.4) is 0 Å². The van der Waals surface area contributed by atoms with Gasteiger partial charge >= 0.3 is 0 Å². The van der Waals surface area contributed by atoms with Crippen LogP contribution in [0.5, 0.6) is 0 Å². The predicted molar refractivity (Wildman–Crippen MR) is 79.2 cm³/mol. The molecule has 100 valence electrons. The number of aromatic nitrogens is 2. The van der Waals surface area contributed by atoms with Gasteiger partial charge in [0.25, 0.3) is 0 Å². The number of anilines is 2. The molecule has 1 unspecified atom stereocenters. The van der Waals surface area contributed by atoms with E-state index in [4.69, 9.17) is 5.73 Å². The maximum Gasteiger partial charge on any atom is 0.134 e. The Bertz CT molecular complexity index is 397. The largest absolute Gasteiger partial charge is 0.384 e. The lowest BCUT2D eigenvalue weighted by Gasteiger charge is -2.33. The highest BCUT2D eigenvalue weighted by atomic mass is 32.2. The third-order valence-electron chi connectivity index (χ3n) is 3.17. The van der Waals surface area contributed by atoms with E-state index in [0.717, 1.165) is 37.6 Å². The molecule has 1 atom stereocenters. The van der Waals surface area contributed by atoms with E-state index in [1.54, 1.807) is 0 Å². The van der Waals surface area contributed by atoms with Gasteiger partial charge in [-0.15, -0.1) is 0 Å². The highest BCUT2D eigenvalue weighted by molar-refractivity contribution is 8.00.